The summed E-state index contributed by atoms with van der Waals surface area (Å²) in [5.74, 6) is 0. The third kappa shape index (κ3) is 4.44. The molecule has 1 aliphatic heterocycles. The minimum Gasteiger partial charge on any atom is -0.372 e. The van der Waals surface area contributed by atoms with Crippen molar-refractivity contribution in [3.8, 4) is 0 Å². The molecule has 3 nitrogen and oxygen atoms in total. The smallest absolute Gasteiger partial charge is 0.0508 e. The van der Waals surface area contributed by atoms with Gasteiger partial charge in [0.15, 0.2) is 0 Å². The van der Waals surface area contributed by atoms with Gasteiger partial charge in [0, 0.05) is 30.7 Å². The van der Waals surface area contributed by atoms with Crippen molar-refractivity contribution in [2.75, 3.05) is 38.1 Å². The summed E-state index contributed by atoms with van der Waals surface area (Å²) in [6.45, 7) is 9.89. The van der Waals surface area contributed by atoms with E-state index < -0.39 is 0 Å². The van der Waals surface area contributed by atoms with Gasteiger partial charge in [-0.3, -0.25) is 4.90 Å². The molecule has 0 saturated carbocycles. The van der Waals surface area contributed by atoms with E-state index in [1.165, 1.54) is 41.7 Å². The van der Waals surface area contributed by atoms with Crippen LogP contribution in [-0.2, 0) is 6.54 Å². The van der Waals surface area contributed by atoms with Crippen molar-refractivity contribution >= 4 is 21.6 Å². The predicted octanol–water partition coefficient (Wildman–Crippen LogP) is 3.48. The van der Waals surface area contributed by atoms with E-state index in [0.717, 1.165) is 19.6 Å². The molecule has 0 bridgehead atoms. The lowest BCUT2D eigenvalue weighted by Crippen LogP contribution is -2.38. The summed E-state index contributed by atoms with van der Waals surface area (Å²) in [7, 11) is 2.20. The second-order valence-electron chi connectivity index (χ2n) is 5.87. The summed E-state index contributed by atoms with van der Waals surface area (Å²) in [6.07, 6.45) is 2.67. The van der Waals surface area contributed by atoms with Crippen LogP contribution in [0.5, 0.6) is 0 Å². The average molecular weight is 354 g/mol. The molecule has 118 valence electrons. The van der Waals surface area contributed by atoms with E-state index in [9.17, 15) is 0 Å². The van der Waals surface area contributed by atoms with Crippen LogP contribution in [0.2, 0.25) is 0 Å². The van der Waals surface area contributed by atoms with Crippen molar-refractivity contribution in [1.82, 2.24) is 10.2 Å². The Labute approximate surface area is 137 Å². The maximum absolute atomic E-state index is 3.74. The fourth-order valence-corrected chi connectivity index (χ4v) is 3.90. The summed E-state index contributed by atoms with van der Waals surface area (Å²) < 4.78 is 1.20. The van der Waals surface area contributed by atoms with E-state index in [0.29, 0.717) is 6.04 Å². The number of nitrogens with one attached hydrogen (secondary N) is 1. The molecular weight excluding hydrogens is 326 g/mol. The molecule has 2 rings (SSSR count). The lowest BCUT2D eigenvalue weighted by atomic mass is 10.1. The van der Waals surface area contributed by atoms with E-state index in [1.54, 1.807) is 0 Å². The lowest BCUT2D eigenvalue weighted by molar-refractivity contribution is 0.270. The highest BCUT2D eigenvalue weighted by Crippen LogP contribution is 2.28. The largest absolute Gasteiger partial charge is 0.372 e. The van der Waals surface area contributed by atoms with Gasteiger partial charge in [-0.15, -0.1) is 0 Å². The van der Waals surface area contributed by atoms with Gasteiger partial charge in [0.25, 0.3) is 0 Å². The molecule has 1 unspecified atom stereocenters. The zero-order chi connectivity index (χ0) is 15.2. The quantitative estimate of drug-likeness (QED) is 0.809. The Morgan fingerprint density at radius 2 is 2.19 bits per heavy atom. The zero-order valence-electron chi connectivity index (χ0n) is 13.5. The number of rotatable bonds is 7. The van der Waals surface area contributed by atoms with Crippen LogP contribution >= 0.6 is 15.9 Å². The highest BCUT2D eigenvalue weighted by molar-refractivity contribution is 9.10. The average Bonchev–Trinajstić information content (AvgIpc) is 2.92. The van der Waals surface area contributed by atoms with Crippen LogP contribution in [0, 0.1) is 0 Å². The van der Waals surface area contributed by atoms with Crippen molar-refractivity contribution < 1.29 is 0 Å². The summed E-state index contributed by atoms with van der Waals surface area (Å²) in [5.41, 5.74) is 2.62. The van der Waals surface area contributed by atoms with Crippen LogP contribution in [0.3, 0.4) is 0 Å². The molecule has 1 aromatic carbocycles. The topological polar surface area (TPSA) is 18.5 Å². The Bertz CT molecular complexity index is 450. The number of hydrogen-bond donors (Lipinski definition) is 1. The van der Waals surface area contributed by atoms with E-state index in [4.69, 9.17) is 0 Å². The summed E-state index contributed by atoms with van der Waals surface area (Å²) in [5, 5.41) is 3.37. The second-order valence-corrected chi connectivity index (χ2v) is 6.73. The zero-order valence-corrected chi connectivity index (χ0v) is 15.1. The van der Waals surface area contributed by atoms with Gasteiger partial charge < -0.3 is 10.2 Å². The predicted molar refractivity (Wildman–Crippen MR) is 95.1 cm³/mol. The number of likely N-dealkylation sites (N-methyl/N-ethyl adjacent to an activating group) is 2. The van der Waals surface area contributed by atoms with Gasteiger partial charge in [-0.05, 0) is 66.1 Å². The number of hydrogen-bond acceptors (Lipinski definition) is 3. The molecule has 0 amide bonds. The van der Waals surface area contributed by atoms with Crippen molar-refractivity contribution in [2.24, 2.45) is 0 Å². The molecule has 1 heterocycles. The van der Waals surface area contributed by atoms with Crippen molar-refractivity contribution in [3.63, 3.8) is 0 Å². The van der Waals surface area contributed by atoms with Crippen LogP contribution in [-0.4, -0.2) is 44.2 Å². The minimum atomic E-state index is 0.702. The molecule has 1 aromatic rings. The minimum absolute atomic E-state index is 0.702. The first-order valence-corrected chi connectivity index (χ1v) is 8.89. The Hall–Kier alpha value is -0.580. The van der Waals surface area contributed by atoms with Crippen LogP contribution in [0.1, 0.15) is 32.3 Å². The fraction of sp³-hybridized carbons (Fsp3) is 0.647. The van der Waals surface area contributed by atoms with Crippen molar-refractivity contribution in [3.05, 3.63) is 28.2 Å². The first-order valence-electron chi connectivity index (χ1n) is 8.10. The van der Waals surface area contributed by atoms with E-state index in [2.05, 4.69) is 70.1 Å². The number of halogens is 1. The second kappa shape index (κ2) is 8.16. The third-order valence-corrected chi connectivity index (χ3v) is 5.03. The molecule has 1 aliphatic rings. The first-order chi connectivity index (χ1) is 10.2. The van der Waals surface area contributed by atoms with Crippen molar-refractivity contribution in [1.29, 1.82) is 0 Å². The van der Waals surface area contributed by atoms with E-state index in [1.807, 2.05) is 0 Å². The summed E-state index contributed by atoms with van der Waals surface area (Å²) in [6, 6.07) is 7.40. The Kier molecular flexibility index (Phi) is 6.52. The van der Waals surface area contributed by atoms with Gasteiger partial charge in [-0.2, -0.15) is 0 Å². The number of likely N-dealkylation sites (tertiary alicyclic amines) is 1. The number of anilines is 1. The van der Waals surface area contributed by atoms with Crippen LogP contribution in [0.15, 0.2) is 22.7 Å². The van der Waals surface area contributed by atoms with Gasteiger partial charge in [-0.1, -0.05) is 19.9 Å². The van der Waals surface area contributed by atoms with Gasteiger partial charge >= 0.3 is 0 Å². The molecule has 1 fully saturated rings. The van der Waals surface area contributed by atoms with Gasteiger partial charge in [0.1, 0.15) is 0 Å². The van der Waals surface area contributed by atoms with Crippen molar-refractivity contribution in [2.45, 2.75) is 39.3 Å². The van der Waals surface area contributed by atoms with Crippen LogP contribution in [0.25, 0.3) is 0 Å². The van der Waals surface area contributed by atoms with Gasteiger partial charge in [0.05, 0.1) is 5.69 Å². The molecule has 0 aromatic heterocycles. The van der Waals surface area contributed by atoms with Crippen LogP contribution < -0.4 is 10.2 Å². The number of nitrogens with zero attached hydrogens (tertiary/aromatic N) is 2. The van der Waals surface area contributed by atoms with E-state index >= 15 is 0 Å². The molecule has 0 radical (unpaired) electrons. The molecule has 0 spiro atoms. The highest BCUT2D eigenvalue weighted by Gasteiger charge is 2.24. The Morgan fingerprint density at radius 3 is 2.86 bits per heavy atom. The molecular formula is C17H28BrN3. The van der Waals surface area contributed by atoms with Gasteiger partial charge in [-0.25, -0.2) is 0 Å². The number of benzene rings is 1. The monoisotopic (exact) mass is 353 g/mol. The SMILES string of the molecule is CCNCc1ccc(N(C)CC2CCCN2CC)c(Br)c1. The maximum atomic E-state index is 3.74. The summed E-state index contributed by atoms with van der Waals surface area (Å²) >= 11 is 3.74. The Morgan fingerprint density at radius 1 is 1.38 bits per heavy atom. The highest BCUT2D eigenvalue weighted by atomic mass is 79.9. The molecule has 1 atom stereocenters. The van der Waals surface area contributed by atoms with E-state index in [-0.39, 0.29) is 0 Å². The molecule has 4 heteroatoms. The standard InChI is InChI=1S/C17H28BrN3/c1-4-19-12-14-8-9-17(16(18)11-14)20(3)13-15-7-6-10-21(15)5-2/h8-9,11,15,19H,4-7,10,12-13H2,1-3H3. The third-order valence-electron chi connectivity index (χ3n) is 4.39. The fourth-order valence-electron chi connectivity index (χ4n) is 3.17. The molecule has 1 saturated heterocycles. The lowest BCUT2D eigenvalue weighted by Gasteiger charge is -2.29. The Balaban J connectivity index is 2.00. The first kappa shape index (κ1) is 16.8. The summed E-state index contributed by atoms with van der Waals surface area (Å²) in [4.78, 5) is 4.99. The normalized spacial score (nSPS) is 19.1. The van der Waals surface area contributed by atoms with Crippen LogP contribution in [0.4, 0.5) is 5.69 Å². The molecule has 1 N–H and O–H groups in total. The molecule has 21 heavy (non-hydrogen) atoms. The van der Waals surface area contributed by atoms with Gasteiger partial charge in [0.2, 0.25) is 0 Å². The maximum Gasteiger partial charge on any atom is 0.0508 e. The molecule has 0 aliphatic carbocycles.